The van der Waals surface area contributed by atoms with Crippen molar-refractivity contribution in [3.05, 3.63) is 146 Å². The number of rotatable bonds is 76. The monoisotopic (exact) mass is 1530 g/mol. The number of ether oxygens (including phenoxy) is 4. The number of carbonyl (C=O) groups is 4. The zero-order valence-electron chi connectivity index (χ0n) is 66.3. The third-order valence-electron chi connectivity index (χ3n) is 16.8. The molecule has 0 aromatic carbocycles. The molecule has 0 heterocycles. The lowest BCUT2D eigenvalue weighted by molar-refractivity contribution is -0.161. The Morgan fingerprint density at radius 2 is 0.519 bits per heavy atom. The first-order valence-corrected chi connectivity index (χ1v) is 44.1. The molecule has 17 nitrogen and oxygen atoms in total. The number of aliphatic hydroxyl groups excluding tert-OH is 1. The van der Waals surface area contributed by atoms with Crippen LogP contribution in [0, 0.1) is 0 Å². The number of allylic oxidation sites excluding steroid dienone is 24. The highest BCUT2D eigenvalue weighted by atomic mass is 31.2. The summed E-state index contributed by atoms with van der Waals surface area (Å²) < 4.78 is 68.5. The molecule has 0 spiro atoms. The molecule has 0 rings (SSSR count). The molecule has 0 aliphatic carbocycles. The van der Waals surface area contributed by atoms with E-state index in [0.29, 0.717) is 38.5 Å². The van der Waals surface area contributed by atoms with E-state index in [-0.39, 0.29) is 25.7 Å². The summed E-state index contributed by atoms with van der Waals surface area (Å²) in [7, 11) is -10.0. The van der Waals surface area contributed by atoms with E-state index in [9.17, 15) is 43.2 Å². The number of aliphatic hydroxyl groups is 1. The van der Waals surface area contributed by atoms with Crippen LogP contribution in [0.15, 0.2) is 146 Å². The zero-order chi connectivity index (χ0) is 77.4. The second-order valence-electron chi connectivity index (χ2n) is 27.0. The predicted octanol–water partition coefficient (Wildman–Crippen LogP) is 24.2. The van der Waals surface area contributed by atoms with Crippen molar-refractivity contribution in [1.29, 1.82) is 0 Å². The Labute approximate surface area is 643 Å². The molecule has 3 N–H and O–H groups in total. The van der Waals surface area contributed by atoms with Gasteiger partial charge in [0, 0.05) is 25.7 Å². The minimum atomic E-state index is -5.01. The molecule has 0 aromatic heterocycles. The molecule has 0 fully saturated rings. The second kappa shape index (κ2) is 78.1. The molecule has 0 aliphatic heterocycles. The molecule has 0 amide bonds. The lowest BCUT2D eigenvalue weighted by Crippen LogP contribution is -2.30. The molecule has 0 bridgehead atoms. The zero-order valence-corrected chi connectivity index (χ0v) is 68.1. The largest absolute Gasteiger partial charge is 0.472 e. The Morgan fingerprint density at radius 1 is 0.274 bits per heavy atom. The molecule has 0 aromatic rings. The molecule has 0 aliphatic rings. The van der Waals surface area contributed by atoms with Gasteiger partial charge in [-0.05, 0) is 154 Å². The van der Waals surface area contributed by atoms with Crippen LogP contribution in [-0.4, -0.2) is 96.7 Å². The quantitative estimate of drug-likeness (QED) is 0.0169. The van der Waals surface area contributed by atoms with E-state index in [2.05, 4.69) is 143 Å². The van der Waals surface area contributed by atoms with Crippen molar-refractivity contribution in [3.63, 3.8) is 0 Å². The average Bonchev–Trinajstić information content (AvgIpc) is 0.908. The van der Waals surface area contributed by atoms with Gasteiger partial charge >= 0.3 is 39.5 Å². The first kappa shape index (κ1) is 101. The number of hydrogen-bond acceptors (Lipinski definition) is 15. The average molecular weight is 1530 g/mol. The highest BCUT2D eigenvalue weighted by molar-refractivity contribution is 7.47. The van der Waals surface area contributed by atoms with E-state index in [1.807, 2.05) is 30.4 Å². The summed E-state index contributed by atoms with van der Waals surface area (Å²) in [6.45, 7) is 4.57. The van der Waals surface area contributed by atoms with Gasteiger partial charge in [-0.3, -0.25) is 37.3 Å². The molecule has 106 heavy (non-hydrogen) atoms. The SMILES string of the molecule is CC/C=C\C/C=C\C/C=C\C/C=C\C/C=C\C/C=C\CCC(=O)O[C@H](COC(=O)CCCCCCC/C=C\CCCCCCCC)COP(=O)(O)OC[C@H](O)COP(=O)(O)OC[C@@H](COC(=O)CCC/C=C\C/C=C\C/C=C\C/C=C\CCCCC)OC(=O)CCCCCCCCC/C=C\CCCCCC. The summed E-state index contributed by atoms with van der Waals surface area (Å²) in [5.41, 5.74) is 0. The van der Waals surface area contributed by atoms with Crippen LogP contribution in [0.4, 0.5) is 0 Å². The van der Waals surface area contributed by atoms with Crippen molar-refractivity contribution in [2.75, 3.05) is 39.6 Å². The molecule has 5 atom stereocenters. The van der Waals surface area contributed by atoms with E-state index in [1.165, 1.54) is 83.5 Å². The van der Waals surface area contributed by atoms with Crippen molar-refractivity contribution >= 4 is 39.5 Å². The van der Waals surface area contributed by atoms with E-state index >= 15 is 0 Å². The molecule has 0 saturated carbocycles. The minimum Gasteiger partial charge on any atom is -0.462 e. The summed E-state index contributed by atoms with van der Waals surface area (Å²) in [4.78, 5) is 73.1. The molecule has 0 radical (unpaired) electrons. The summed E-state index contributed by atoms with van der Waals surface area (Å²) >= 11 is 0. The van der Waals surface area contributed by atoms with Gasteiger partial charge in [-0.2, -0.15) is 0 Å². The predicted molar refractivity (Wildman–Crippen MR) is 436 cm³/mol. The Bertz CT molecular complexity index is 2580. The van der Waals surface area contributed by atoms with Crippen LogP contribution in [0.25, 0.3) is 0 Å². The van der Waals surface area contributed by atoms with Crippen LogP contribution in [0.3, 0.4) is 0 Å². The maximum Gasteiger partial charge on any atom is 0.472 e. The number of carbonyl (C=O) groups excluding carboxylic acids is 4. The summed E-state index contributed by atoms with van der Waals surface area (Å²) in [5.74, 6) is -2.35. The third kappa shape index (κ3) is 77.1. The van der Waals surface area contributed by atoms with Crippen molar-refractivity contribution in [3.8, 4) is 0 Å². The van der Waals surface area contributed by atoms with Crippen LogP contribution in [-0.2, 0) is 65.4 Å². The summed E-state index contributed by atoms with van der Waals surface area (Å²) in [6, 6.07) is 0. The normalized spacial score (nSPS) is 14.6. The molecule has 19 heteroatoms. The first-order chi connectivity index (χ1) is 51.7. The van der Waals surface area contributed by atoms with Gasteiger partial charge in [0.1, 0.15) is 19.3 Å². The van der Waals surface area contributed by atoms with E-state index < -0.39 is 97.5 Å². The van der Waals surface area contributed by atoms with Crippen LogP contribution in [0.5, 0.6) is 0 Å². The minimum absolute atomic E-state index is 0.0364. The van der Waals surface area contributed by atoms with Gasteiger partial charge in [0.25, 0.3) is 0 Å². The Balaban J connectivity index is 5.50. The smallest absolute Gasteiger partial charge is 0.462 e. The van der Waals surface area contributed by atoms with E-state index in [1.54, 1.807) is 0 Å². The Kier molecular flexibility index (Phi) is 74.3. The lowest BCUT2D eigenvalue weighted by atomic mass is 10.1. The van der Waals surface area contributed by atoms with E-state index in [0.717, 1.165) is 148 Å². The summed E-state index contributed by atoms with van der Waals surface area (Å²) in [5, 5.41) is 10.7. The number of hydrogen-bond donors (Lipinski definition) is 3. The summed E-state index contributed by atoms with van der Waals surface area (Å²) in [6.07, 6.45) is 89.8. The van der Waals surface area contributed by atoms with Gasteiger partial charge in [-0.25, -0.2) is 9.13 Å². The van der Waals surface area contributed by atoms with E-state index in [4.69, 9.17) is 37.0 Å². The van der Waals surface area contributed by atoms with Crippen molar-refractivity contribution in [1.82, 2.24) is 0 Å². The fourth-order valence-electron chi connectivity index (χ4n) is 10.5. The van der Waals surface area contributed by atoms with Gasteiger partial charge in [0.05, 0.1) is 26.4 Å². The lowest BCUT2D eigenvalue weighted by Gasteiger charge is -2.21. The molecule has 606 valence electrons. The number of unbranched alkanes of at least 4 members (excludes halogenated alkanes) is 26. The van der Waals surface area contributed by atoms with Gasteiger partial charge in [-0.15, -0.1) is 0 Å². The molecular weight excluding hydrogens is 1380 g/mol. The van der Waals surface area contributed by atoms with Crippen LogP contribution < -0.4 is 0 Å². The molecular formula is C87H146O17P2. The van der Waals surface area contributed by atoms with Crippen molar-refractivity contribution < 1.29 is 80.2 Å². The van der Waals surface area contributed by atoms with Crippen molar-refractivity contribution in [2.24, 2.45) is 0 Å². The van der Waals surface area contributed by atoms with Crippen LogP contribution in [0.1, 0.15) is 323 Å². The fraction of sp³-hybridized carbons (Fsp3) is 0.678. The Morgan fingerprint density at radius 3 is 0.887 bits per heavy atom. The molecule has 2 unspecified atom stereocenters. The topological polar surface area (TPSA) is 237 Å². The fourth-order valence-corrected chi connectivity index (χ4v) is 12.1. The van der Waals surface area contributed by atoms with Crippen LogP contribution >= 0.6 is 15.6 Å². The second-order valence-corrected chi connectivity index (χ2v) is 29.9. The maximum absolute atomic E-state index is 13.1. The third-order valence-corrected chi connectivity index (χ3v) is 18.7. The highest BCUT2D eigenvalue weighted by Crippen LogP contribution is 2.45. The number of phosphoric ester groups is 2. The first-order valence-electron chi connectivity index (χ1n) is 41.1. The van der Waals surface area contributed by atoms with Crippen molar-refractivity contribution in [2.45, 2.75) is 341 Å². The standard InChI is InChI=1S/C87H146O17P2/c1-5-9-13-17-21-25-29-33-37-39-40-42-46-50-54-58-62-66-70-74-87(92)104-83(77-97-84(89)71-67-63-59-55-51-47-43-35-31-27-23-19-15-11-7-3)80-102-106(95,96)100-76-81(88)75-99-105(93,94)101-79-82(103-86(91)73-69-65-61-57-53-49-44-36-32-28-24-20-16-12-8-4)78-98-85(90)72-68-64-60-56-52-48-45-41-38-34-30-26-22-18-14-10-6-2/h9,13,21-22,25-26,28,32-35,37-38,40,42-43,45,48,50,54,56,60,62,66,81-83,88H,5-8,10-12,14-20,23-24,27,29-31,36,39,41,44,46-47,49,51-53,55,57-59,61,63-65,67-80H2,1-4H3,(H,93,94)(H,95,96)/b13-9-,25-21-,26-22-,32-28-,37-33-,38-34-,42-40-,43-35-,48-45-,54-50-,60-56-,66-62-/t81-,82-,83-/m1/s1. The van der Waals surface area contributed by atoms with Gasteiger partial charge in [0.2, 0.25) is 0 Å². The van der Waals surface area contributed by atoms with Crippen LogP contribution in [0.2, 0.25) is 0 Å². The number of esters is 4. The highest BCUT2D eigenvalue weighted by Gasteiger charge is 2.30. The van der Waals surface area contributed by atoms with Gasteiger partial charge in [-0.1, -0.05) is 289 Å². The molecule has 0 saturated heterocycles. The van der Waals surface area contributed by atoms with Gasteiger partial charge < -0.3 is 33.8 Å². The Hall–Kier alpha value is -5.06. The maximum atomic E-state index is 13.1. The number of phosphoric acid groups is 2. The van der Waals surface area contributed by atoms with Gasteiger partial charge in [0.15, 0.2) is 12.2 Å².